The highest BCUT2D eigenvalue weighted by Gasteiger charge is 2.04. The van der Waals surface area contributed by atoms with Crippen molar-refractivity contribution in [1.29, 1.82) is 0 Å². The predicted octanol–water partition coefficient (Wildman–Crippen LogP) is 3.19. The highest BCUT2D eigenvalue weighted by molar-refractivity contribution is 5.14. The Labute approximate surface area is 93.2 Å². The van der Waals surface area contributed by atoms with E-state index in [1.54, 1.807) is 0 Å². The number of aryl methyl sites for hydroxylation is 3. The maximum atomic E-state index is 4.67. The highest BCUT2D eigenvalue weighted by Crippen LogP contribution is 2.10. The molecule has 1 rings (SSSR count). The molecule has 0 aliphatic heterocycles. The number of nitrogens with zero attached hydrogens (tertiary/aromatic N) is 2. The lowest BCUT2D eigenvalue weighted by Crippen LogP contribution is -2.04. The van der Waals surface area contributed by atoms with Crippen LogP contribution in [0.5, 0.6) is 0 Å². The van der Waals surface area contributed by atoms with Gasteiger partial charge in [0.1, 0.15) is 0 Å². The topological polar surface area (TPSA) is 25.8 Å². The minimum Gasteiger partial charge on any atom is -0.258 e. The van der Waals surface area contributed by atoms with E-state index in [0.717, 1.165) is 36.6 Å². The molecule has 0 N–H and O–H groups in total. The molecule has 0 aliphatic rings. The third kappa shape index (κ3) is 3.61. The Bertz CT molecular complexity index is 305. The molecule has 2 nitrogen and oxygen atoms in total. The van der Waals surface area contributed by atoms with Gasteiger partial charge >= 0.3 is 0 Å². The quantitative estimate of drug-likeness (QED) is 0.739. The van der Waals surface area contributed by atoms with Crippen molar-refractivity contribution >= 4 is 0 Å². The summed E-state index contributed by atoms with van der Waals surface area (Å²) in [6.45, 7) is 8.77. The summed E-state index contributed by atoms with van der Waals surface area (Å²) in [5.41, 5.74) is 3.49. The molecular weight excluding hydrogens is 184 g/mol. The van der Waals surface area contributed by atoms with Gasteiger partial charge in [-0.1, -0.05) is 27.7 Å². The van der Waals surface area contributed by atoms with Crippen LogP contribution in [0, 0.1) is 5.92 Å². The van der Waals surface area contributed by atoms with Crippen molar-refractivity contribution in [3.05, 3.63) is 23.3 Å². The van der Waals surface area contributed by atoms with E-state index in [4.69, 9.17) is 0 Å². The Morgan fingerprint density at radius 1 is 1.13 bits per heavy atom. The van der Waals surface area contributed by atoms with Gasteiger partial charge in [-0.3, -0.25) is 9.97 Å². The van der Waals surface area contributed by atoms with Gasteiger partial charge in [-0.15, -0.1) is 0 Å². The summed E-state index contributed by atoms with van der Waals surface area (Å²) in [4.78, 5) is 9.15. The molecule has 1 heterocycles. The van der Waals surface area contributed by atoms with Crippen molar-refractivity contribution in [2.75, 3.05) is 0 Å². The first kappa shape index (κ1) is 12.2. The second-order valence-corrected chi connectivity index (χ2v) is 4.39. The zero-order valence-corrected chi connectivity index (χ0v) is 10.4. The summed E-state index contributed by atoms with van der Waals surface area (Å²) in [5, 5.41) is 0. The van der Waals surface area contributed by atoms with Crippen molar-refractivity contribution in [3.8, 4) is 0 Å². The van der Waals surface area contributed by atoms with E-state index in [-0.39, 0.29) is 0 Å². The van der Waals surface area contributed by atoms with Crippen molar-refractivity contribution in [2.24, 2.45) is 5.92 Å². The normalized spacial score (nSPS) is 11.0. The summed E-state index contributed by atoms with van der Waals surface area (Å²) in [6, 6.07) is 0. The zero-order valence-electron chi connectivity index (χ0n) is 10.4. The number of hydrogen-bond donors (Lipinski definition) is 0. The van der Waals surface area contributed by atoms with Crippen LogP contribution in [-0.2, 0) is 19.3 Å². The van der Waals surface area contributed by atoms with Gasteiger partial charge in [-0.05, 0) is 31.6 Å². The van der Waals surface area contributed by atoms with Gasteiger partial charge in [-0.2, -0.15) is 0 Å². The van der Waals surface area contributed by atoms with E-state index < -0.39 is 0 Å². The molecule has 2 heteroatoms. The maximum Gasteiger partial charge on any atom is 0.0619 e. The predicted molar refractivity (Wildman–Crippen MR) is 63.9 cm³/mol. The van der Waals surface area contributed by atoms with Crippen molar-refractivity contribution in [1.82, 2.24) is 9.97 Å². The second kappa shape index (κ2) is 5.84. The Kier molecular flexibility index (Phi) is 4.73. The average molecular weight is 206 g/mol. The monoisotopic (exact) mass is 206 g/mol. The van der Waals surface area contributed by atoms with Gasteiger partial charge in [0.25, 0.3) is 0 Å². The first-order valence-electron chi connectivity index (χ1n) is 6.01. The lowest BCUT2D eigenvalue weighted by atomic mass is 10.1. The summed E-state index contributed by atoms with van der Waals surface area (Å²) >= 11 is 0. The Balaban J connectivity index is 2.74. The smallest absolute Gasteiger partial charge is 0.0619 e. The van der Waals surface area contributed by atoms with Crippen LogP contribution in [-0.4, -0.2) is 9.97 Å². The summed E-state index contributed by atoms with van der Waals surface area (Å²) in [5.74, 6) is 0.739. The van der Waals surface area contributed by atoms with E-state index in [0.29, 0.717) is 0 Å². The van der Waals surface area contributed by atoms with Crippen molar-refractivity contribution in [3.63, 3.8) is 0 Å². The fourth-order valence-corrected chi connectivity index (χ4v) is 1.63. The maximum absolute atomic E-state index is 4.67. The van der Waals surface area contributed by atoms with Gasteiger partial charge in [-0.25, -0.2) is 0 Å². The van der Waals surface area contributed by atoms with Crippen LogP contribution in [0.15, 0.2) is 6.20 Å². The summed E-state index contributed by atoms with van der Waals surface area (Å²) < 4.78 is 0. The molecule has 0 radical (unpaired) electrons. The highest BCUT2D eigenvalue weighted by atomic mass is 14.8. The van der Waals surface area contributed by atoms with Gasteiger partial charge in [0.15, 0.2) is 0 Å². The molecule has 0 bridgehead atoms. The Hall–Kier alpha value is -0.920. The molecule has 15 heavy (non-hydrogen) atoms. The van der Waals surface area contributed by atoms with Crippen LogP contribution in [0.1, 0.15) is 51.2 Å². The third-order valence-corrected chi connectivity index (χ3v) is 2.63. The van der Waals surface area contributed by atoms with E-state index in [2.05, 4.69) is 37.7 Å². The standard InChI is InChI=1S/C13H22N2/c1-5-12-13(6-2)15-11(9-14-12)8-7-10(3)4/h9-10H,5-8H2,1-4H3. The van der Waals surface area contributed by atoms with Gasteiger partial charge in [0.05, 0.1) is 17.1 Å². The largest absolute Gasteiger partial charge is 0.258 e. The van der Waals surface area contributed by atoms with Crippen molar-refractivity contribution in [2.45, 2.75) is 53.4 Å². The minimum atomic E-state index is 0.739. The molecule has 84 valence electrons. The first-order chi connectivity index (χ1) is 7.17. The van der Waals surface area contributed by atoms with Crippen molar-refractivity contribution < 1.29 is 0 Å². The van der Waals surface area contributed by atoms with E-state index >= 15 is 0 Å². The molecule has 0 fully saturated rings. The summed E-state index contributed by atoms with van der Waals surface area (Å²) in [6.07, 6.45) is 6.18. The number of hydrogen-bond acceptors (Lipinski definition) is 2. The molecule has 0 saturated heterocycles. The molecule has 0 unspecified atom stereocenters. The van der Waals surface area contributed by atoms with Crippen LogP contribution >= 0.6 is 0 Å². The average Bonchev–Trinajstić information content (AvgIpc) is 2.25. The van der Waals surface area contributed by atoms with Gasteiger partial charge < -0.3 is 0 Å². The molecule has 0 amide bonds. The minimum absolute atomic E-state index is 0.739. The van der Waals surface area contributed by atoms with E-state index in [9.17, 15) is 0 Å². The molecule has 1 aromatic heterocycles. The van der Waals surface area contributed by atoms with Gasteiger partial charge in [0.2, 0.25) is 0 Å². The Morgan fingerprint density at radius 3 is 2.33 bits per heavy atom. The zero-order chi connectivity index (χ0) is 11.3. The fourth-order valence-electron chi connectivity index (χ4n) is 1.63. The van der Waals surface area contributed by atoms with Gasteiger partial charge in [0, 0.05) is 6.20 Å². The fraction of sp³-hybridized carbons (Fsp3) is 0.692. The Morgan fingerprint density at radius 2 is 1.80 bits per heavy atom. The van der Waals surface area contributed by atoms with E-state index in [1.165, 1.54) is 12.1 Å². The molecule has 0 atom stereocenters. The molecule has 1 aromatic rings. The molecule has 0 spiro atoms. The van der Waals surface area contributed by atoms with Crippen LogP contribution in [0.4, 0.5) is 0 Å². The SMILES string of the molecule is CCc1ncc(CCC(C)C)nc1CC. The third-order valence-electron chi connectivity index (χ3n) is 2.63. The van der Waals surface area contributed by atoms with E-state index in [1.807, 2.05) is 6.20 Å². The number of aromatic nitrogens is 2. The van der Waals surface area contributed by atoms with Crippen LogP contribution < -0.4 is 0 Å². The molecule has 0 saturated carbocycles. The summed E-state index contributed by atoms with van der Waals surface area (Å²) in [7, 11) is 0. The molecule has 0 aliphatic carbocycles. The van der Waals surface area contributed by atoms with Crippen LogP contribution in [0.2, 0.25) is 0 Å². The second-order valence-electron chi connectivity index (χ2n) is 4.39. The van der Waals surface area contributed by atoms with Crippen LogP contribution in [0.3, 0.4) is 0 Å². The number of rotatable bonds is 5. The lowest BCUT2D eigenvalue weighted by molar-refractivity contribution is 0.579. The molecule has 0 aromatic carbocycles. The first-order valence-corrected chi connectivity index (χ1v) is 6.01. The van der Waals surface area contributed by atoms with Crippen LogP contribution in [0.25, 0.3) is 0 Å². The lowest BCUT2D eigenvalue weighted by Gasteiger charge is -2.08. The molecular formula is C13H22N2.